The number of nitrogens with one attached hydrogen (secondary N) is 1. The zero-order valence-electron chi connectivity index (χ0n) is 11.6. The number of nitrogen functional groups attached to an aromatic ring is 1. The van der Waals surface area contributed by atoms with Crippen LogP contribution in [0.4, 0.5) is 10.1 Å². The van der Waals surface area contributed by atoms with Crippen molar-refractivity contribution in [2.45, 2.75) is 31.2 Å². The maximum Gasteiger partial charge on any atom is 0.241 e. The van der Waals surface area contributed by atoms with Gasteiger partial charge in [0.25, 0.3) is 0 Å². The van der Waals surface area contributed by atoms with Gasteiger partial charge in [-0.3, -0.25) is 0 Å². The summed E-state index contributed by atoms with van der Waals surface area (Å²) in [6.07, 6.45) is 0. The van der Waals surface area contributed by atoms with Crippen molar-refractivity contribution in [1.82, 2.24) is 4.72 Å². The number of hydrogen-bond acceptors (Lipinski definition) is 5. The van der Waals surface area contributed by atoms with Crippen molar-refractivity contribution in [1.29, 1.82) is 0 Å². The number of rotatable bonds is 5. The Morgan fingerprint density at radius 3 is 2.30 bits per heavy atom. The lowest BCUT2D eigenvalue weighted by molar-refractivity contribution is 0.121. The highest BCUT2D eigenvalue weighted by atomic mass is 32.2. The number of hydrogen-bond donors (Lipinski definition) is 4. The number of benzene rings is 1. The summed E-state index contributed by atoms with van der Waals surface area (Å²) in [5, 5.41) is 18.3. The van der Waals surface area contributed by atoms with Gasteiger partial charge in [0.2, 0.25) is 10.0 Å². The van der Waals surface area contributed by atoms with Crippen molar-refractivity contribution in [2.24, 2.45) is 0 Å². The molecule has 8 heteroatoms. The number of aryl methyl sites for hydroxylation is 1. The topological polar surface area (TPSA) is 113 Å². The first-order valence-electron chi connectivity index (χ1n) is 5.89. The summed E-state index contributed by atoms with van der Waals surface area (Å²) in [6.45, 7) is 3.02. The Labute approximate surface area is 117 Å². The maximum atomic E-state index is 13.5. The zero-order valence-corrected chi connectivity index (χ0v) is 12.4. The summed E-state index contributed by atoms with van der Waals surface area (Å²) in [7, 11) is -4.06. The molecule has 5 N–H and O–H groups in total. The third-order valence-corrected chi connectivity index (χ3v) is 4.98. The molecule has 1 aromatic rings. The van der Waals surface area contributed by atoms with E-state index < -0.39 is 34.6 Å². The summed E-state index contributed by atoms with van der Waals surface area (Å²) in [6, 6.07) is 1.03. The van der Waals surface area contributed by atoms with Crippen LogP contribution in [-0.2, 0) is 10.0 Å². The lowest BCUT2D eigenvalue weighted by Crippen LogP contribution is -2.51. The van der Waals surface area contributed by atoms with E-state index >= 15 is 0 Å². The standard InChI is InChI=1S/C12H19FN2O4S/c1-7-4-9(13)10(14)8(2)11(7)20(18,19)15-12(3,5-16)6-17/h4,15-17H,5-6,14H2,1-3H3. The SMILES string of the molecule is Cc1cc(F)c(N)c(C)c1S(=O)(=O)NC(C)(CO)CO. The minimum atomic E-state index is -4.06. The van der Waals surface area contributed by atoms with E-state index in [0.29, 0.717) is 0 Å². The Balaban J connectivity index is 3.41. The van der Waals surface area contributed by atoms with Crippen LogP contribution in [0.5, 0.6) is 0 Å². The molecule has 1 aromatic carbocycles. The van der Waals surface area contributed by atoms with Crippen LogP contribution in [0.2, 0.25) is 0 Å². The van der Waals surface area contributed by atoms with Crippen LogP contribution >= 0.6 is 0 Å². The van der Waals surface area contributed by atoms with Crippen LogP contribution in [0.25, 0.3) is 0 Å². The molecule has 0 aromatic heterocycles. The Morgan fingerprint density at radius 1 is 1.35 bits per heavy atom. The Hall–Kier alpha value is -1.22. The van der Waals surface area contributed by atoms with Gasteiger partial charge < -0.3 is 15.9 Å². The van der Waals surface area contributed by atoms with Crippen molar-refractivity contribution < 1.29 is 23.0 Å². The van der Waals surface area contributed by atoms with E-state index in [1.54, 1.807) is 0 Å². The number of sulfonamides is 1. The monoisotopic (exact) mass is 306 g/mol. The molecule has 6 nitrogen and oxygen atoms in total. The Morgan fingerprint density at radius 2 is 1.85 bits per heavy atom. The van der Waals surface area contributed by atoms with Gasteiger partial charge in [-0.05, 0) is 38.0 Å². The predicted octanol–water partition coefficient (Wildman–Crippen LogP) is 0.0463. The minimum Gasteiger partial charge on any atom is -0.396 e. The van der Waals surface area contributed by atoms with Gasteiger partial charge in [0.05, 0.1) is 29.3 Å². The molecule has 0 atom stereocenters. The number of halogens is 1. The van der Waals surface area contributed by atoms with E-state index in [2.05, 4.69) is 4.72 Å². The summed E-state index contributed by atoms with van der Waals surface area (Å²) < 4.78 is 40.4. The second-order valence-corrected chi connectivity index (χ2v) is 6.64. The highest BCUT2D eigenvalue weighted by molar-refractivity contribution is 7.89. The van der Waals surface area contributed by atoms with Crippen LogP contribution in [0, 0.1) is 19.7 Å². The van der Waals surface area contributed by atoms with Crippen molar-refractivity contribution in [3.8, 4) is 0 Å². The van der Waals surface area contributed by atoms with Crippen molar-refractivity contribution in [3.63, 3.8) is 0 Å². The van der Waals surface area contributed by atoms with Crippen LogP contribution in [-0.4, -0.2) is 37.4 Å². The lowest BCUT2D eigenvalue weighted by Gasteiger charge is -2.27. The maximum absolute atomic E-state index is 13.5. The number of nitrogens with two attached hydrogens (primary N) is 1. The van der Waals surface area contributed by atoms with E-state index in [0.717, 1.165) is 6.07 Å². The third-order valence-electron chi connectivity index (χ3n) is 3.05. The molecule has 114 valence electrons. The molecule has 0 saturated heterocycles. The highest BCUT2D eigenvalue weighted by Gasteiger charge is 2.32. The fraction of sp³-hybridized carbons (Fsp3) is 0.500. The van der Waals surface area contributed by atoms with E-state index in [1.165, 1.54) is 20.8 Å². The average Bonchev–Trinajstić information content (AvgIpc) is 2.35. The zero-order chi connectivity index (χ0) is 15.7. The van der Waals surface area contributed by atoms with Gasteiger partial charge in [-0.1, -0.05) is 0 Å². The van der Waals surface area contributed by atoms with Gasteiger partial charge >= 0.3 is 0 Å². The molecule has 0 aliphatic heterocycles. The molecule has 0 fully saturated rings. The van der Waals surface area contributed by atoms with E-state index in [9.17, 15) is 12.8 Å². The van der Waals surface area contributed by atoms with Crippen LogP contribution in [0.15, 0.2) is 11.0 Å². The molecule has 0 bridgehead atoms. The first-order chi connectivity index (χ1) is 9.08. The van der Waals surface area contributed by atoms with Gasteiger partial charge in [-0.2, -0.15) is 0 Å². The quantitative estimate of drug-likeness (QED) is 0.574. The van der Waals surface area contributed by atoms with Crippen molar-refractivity contribution in [3.05, 3.63) is 23.0 Å². The molecule has 1 rings (SSSR count). The minimum absolute atomic E-state index is 0.0910. The van der Waals surface area contributed by atoms with E-state index in [1.807, 2.05) is 0 Å². The molecule has 0 aliphatic rings. The lowest BCUT2D eigenvalue weighted by atomic mass is 10.1. The first kappa shape index (κ1) is 16.8. The molecule has 0 aliphatic carbocycles. The second kappa shape index (κ2) is 5.65. The highest BCUT2D eigenvalue weighted by Crippen LogP contribution is 2.28. The molecule has 0 spiro atoms. The van der Waals surface area contributed by atoms with Gasteiger partial charge in [0.1, 0.15) is 5.82 Å². The molecule has 0 heterocycles. The molecule has 0 radical (unpaired) electrons. The van der Waals surface area contributed by atoms with Crippen molar-refractivity contribution in [2.75, 3.05) is 18.9 Å². The molecular weight excluding hydrogens is 287 g/mol. The summed E-state index contributed by atoms with van der Waals surface area (Å²) >= 11 is 0. The predicted molar refractivity (Wildman–Crippen MR) is 73.2 cm³/mol. The number of anilines is 1. The Bertz CT molecular complexity index is 612. The van der Waals surface area contributed by atoms with Crippen LogP contribution in [0.1, 0.15) is 18.1 Å². The Kier molecular flexibility index (Phi) is 4.75. The molecule has 0 saturated carbocycles. The fourth-order valence-corrected chi connectivity index (χ4v) is 3.71. The third kappa shape index (κ3) is 3.09. The average molecular weight is 306 g/mol. The molecular formula is C12H19FN2O4S. The first-order valence-corrected chi connectivity index (χ1v) is 7.37. The van der Waals surface area contributed by atoms with E-state index in [-0.39, 0.29) is 21.7 Å². The second-order valence-electron chi connectivity index (χ2n) is 5.03. The van der Waals surface area contributed by atoms with Crippen molar-refractivity contribution >= 4 is 15.7 Å². The van der Waals surface area contributed by atoms with Gasteiger partial charge in [-0.25, -0.2) is 17.5 Å². The van der Waals surface area contributed by atoms with Crippen LogP contribution in [0.3, 0.4) is 0 Å². The van der Waals surface area contributed by atoms with E-state index in [4.69, 9.17) is 15.9 Å². The summed E-state index contributed by atoms with van der Waals surface area (Å²) in [5.74, 6) is -0.689. The summed E-state index contributed by atoms with van der Waals surface area (Å²) in [5.41, 5.74) is 4.14. The number of aliphatic hydroxyl groups is 2. The molecule has 20 heavy (non-hydrogen) atoms. The molecule has 0 unspecified atom stereocenters. The van der Waals surface area contributed by atoms with Gasteiger partial charge in [0.15, 0.2) is 0 Å². The van der Waals surface area contributed by atoms with Gasteiger partial charge in [0, 0.05) is 0 Å². The fourth-order valence-electron chi connectivity index (χ4n) is 1.83. The summed E-state index contributed by atoms with van der Waals surface area (Å²) in [4.78, 5) is -0.149. The molecule has 0 amide bonds. The largest absolute Gasteiger partial charge is 0.396 e. The van der Waals surface area contributed by atoms with Gasteiger partial charge in [-0.15, -0.1) is 0 Å². The van der Waals surface area contributed by atoms with Crippen LogP contribution < -0.4 is 10.5 Å². The number of aliphatic hydroxyl groups excluding tert-OH is 2. The smallest absolute Gasteiger partial charge is 0.241 e. The normalized spacial score (nSPS) is 12.7.